The lowest BCUT2D eigenvalue weighted by Gasteiger charge is -2.09. The third kappa shape index (κ3) is 2.65. The van der Waals surface area contributed by atoms with E-state index in [0.29, 0.717) is 11.3 Å². The van der Waals surface area contributed by atoms with Crippen LogP contribution in [-0.2, 0) is 4.79 Å². The minimum atomic E-state index is -0.559. The number of halogens is 2. The van der Waals surface area contributed by atoms with E-state index in [1.807, 2.05) is 0 Å². The van der Waals surface area contributed by atoms with E-state index in [0.717, 1.165) is 6.29 Å². The molecule has 2 rings (SSSR count). The summed E-state index contributed by atoms with van der Waals surface area (Å²) in [5, 5.41) is 0.0801. The maximum Gasteiger partial charge on any atom is 0.222 e. The Kier molecular flexibility index (Phi) is 3.44. The average Bonchev–Trinajstić information content (AvgIpc) is 2.33. The smallest absolute Gasteiger partial charge is 0.222 e. The van der Waals surface area contributed by atoms with Crippen molar-refractivity contribution >= 4 is 17.9 Å². The standard InChI is InChI=1S/C12H8ClFN2O/c13-12-15-6-5-11(16-12)10(7-17)8-1-3-9(14)4-2-8/h1-7,10H. The van der Waals surface area contributed by atoms with Crippen molar-refractivity contribution in [3.8, 4) is 0 Å². The van der Waals surface area contributed by atoms with Crippen LogP contribution in [0.2, 0.25) is 5.28 Å². The second kappa shape index (κ2) is 5.01. The van der Waals surface area contributed by atoms with E-state index in [2.05, 4.69) is 9.97 Å². The first-order chi connectivity index (χ1) is 8.20. The van der Waals surface area contributed by atoms with Gasteiger partial charge in [-0.05, 0) is 35.4 Å². The number of aromatic nitrogens is 2. The van der Waals surface area contributed by atoms with Gasteiger partial charge in [-0.2, -0.15) is 0 Å². The number of rotatable bonds is 3. The van der Waals surface area contributed by atoms with Crippen LogP contribution in [0.4, 0.5) is 4.39 Å². The van der Waals surface area contributed by atoms with E-state index in [4.69, 9.17) is 11.6 Å². The molecular formula is C12H8ClFN2O. The lowest BCUT2D eigenvalue weighted by atomic mass is 9.97. The van der Waals surface area contributed by atoms with Crippen molar-refractivity contribution in [1.82, 2.24) is 9.97 Å². The maximum absolute atomic E-state index is 12.8. The normalized spacial score (nSPS) is 12.1. The fourth-order valence-electron chi connectivity index (χ4n) is 1.51. The predicted molar refractivity (Wildman–Crippen MR) is 61.3 cm³/mol. The highest BCUT2D eigenvalue weighted by Gasteiger charge is 2.15. The zero-order chi connectivity index (χ0) is 12.3. The van der Waals surface area contributed by atoms with E-state index < -0.39 is 5.92 Å². The molecule has 0 radical (unpaired) electrons. The minimum Gasteiger partial charge on any atom is -0.302 e. The molecule has 0 saturated heterocycles. The van der Waals surface area contributed by atoms with Crippen LogP contribution >= 0.6 is 11.6 Å². The first kappa shape index (κ1) is 11.7. The first-order valence-corrected chi connectivity index (χ1v) is 5.27. The number of benzene rings is 1. The topological polar surface area (TPSA) is 42.9 Å². The Balaban J connectivity index is 2.40. The molecule has 17 heavy (non-hydrogen) atoms. The number of hydrogen-bond donors (Lipinski definition) is 0. The highest BCUT2D eigenvalue weighted by atomic mass is 35.5. The molecule has 0 N–H and O–H groups in total. The van der Waals surface area contributed by atoms with Gasteiger partial charge in [0, 0.05) is 6.20 Å². The van der Waals surface area contributed by atoms with Crippen molar-refractivity contribution in [2.24, 2.45) is 0 Å². The van der Waals surface area contributed by atoms with Gasteiger partial charge in [0.15, 0.2) is 0 Å². The Morgan fingerprint density at radius 1 is 1.24 bits per heavy atom. The Bertz CT molecular complexity index is 530. The lowest BCUT2D eigenvalue weighted by molar-refractivity contribution is -0.108. The van der Waals surface area contributed by atoms with Crippen LogP contribution in [0, 0.1) is 5.82 Å². The Labute approximate surface area is 102 Å². The molecule has 1 heterocycles. The van der Waals surface area contributed by atoms with Crippen molar-refractivity contribution in [2.75, 3.05) is 0 Å². The second-order valence-electron chi connectivity index (χ2n) is 3.42. The average molecular weight is 251 g/mol. The molecule has 0 aliphatic rings. The summed E-state index contributed by atoms with van der Waals surface area (Å²) >= 11 is 5.66. The molecular weight excluding hydrogens is 243 g/mol. The van der Waals surface area contributed by atoms with Crippen molar-refractivity contribution in [1.29, 1.82) is 0 Å². The van der Waals surface area contributed by atoms with Gasteiger partial charge in [-0.3, -0.25) is 0 Å². The quantitative estimate of drug-likeness (QED) is 0.621. The zero-order valence-electron chi connectivity index (χ0n) is 8.68. The molecule has 1 atom stereocenters. The second-order valence-corrected chi connectivity index (χ2v) is 3.75. The zero-order valence-corrected chi connectivity index (χ0v) is 9.43. The summed E-state index contributed by atoms with van der Waals surface area (Å²) in [5.41, 5.74) is 1.16. The molecule has 0 aliphatic heterocycles. The van der Waals surface area contributed by atoms with Gasteiger partial charge >= 0.3 is 0 Å². The highest BCUT2D eigenvalue weighted by molar-refractivity contribution is 6.28. The molecule has 0 spiro atoms. The molecule has 3 nitrogen and oxygen atoms in total. The largest absolute Gasteiger partial charge is 0.302 e. The SMILES string of the molecule is O=CC(c1ccc(F)cc1)c1ccnc(Cl)n1. The van der Waals surface area contributed by atoms with Gasteiger partial charge < -0.3 is 4.79 Å². The molecule has 5 heteroatoms. The maximum atomic E-state index is 12.8. The Morgan fingerprint density at radius 2 is 1.94 bits per heavy atom. The van der Waals surface area contributed by atoms with Crippen molar-refractivity contribution in [3.05, 3.63) is 58.9 Å². The van der Waals surface area contributed by atoms with Crippen molar-refractivity contribution in [3.63, 3.8) is 0 Å². The van der Waals surface area contributed by atoms with Crippen LogP contribution in [0.1, 0.15) is 17.2 Å². The Hall–Kier alpha value is -1.81. The van der Waals surface area contributed by atoms with Crippen molar-refractivity contribution in [2.45, 2.75) is 5.92 Å². The van der Waals surface area contributed by atoms with Gasteiger partial charge in [0.05, 0.1) is 11.6 Å². The van der Waals surface area contributed by atoms with E-state index in [1.165, 1.54) is 18.3 Å². The van der Waals surface area contributed by atoms with Crippen LogP contribution in [-0.4, -0.2) is 16.3 Å². The summed E-state index contributed by atoms with van der Waals surface area (Å²) in [4.78, 5) is 18.8. The van der Waals surface area contributed by atoms with Gasteiger partial charge in [-0.25, -0.2) is 14.4 Å². The van der Waals surface area contributed by atoms with Crippen LogP contribution < -0.4 is 0 Å². The highest BCUT2D eigenvalue weighted by Crippen LogP contribution is 2.21. The lowest BCUT2D eigenvalue weighted by Crippen LogP contribution is -2.05. The van der Waals surface area contributed by atoms with Gasteiger partial charge in [0.1, 0.15) is 12.1 Å². The molecule has 1 aromatic heterocycles. The monoisotopic (exact) mass is 250 g/mol. The molecule has 0 amide bonds. The number of carbonyl (C=O) groups excluding carboxylic acids is 1. The Morgan fingerprint density at radius 3 is 2.53 bits per heavy atom. The van der Waals surface area contributed by atoms with Gasteiger partial charge in [-0.15, -0.1) is 0 Å². The van der Waals surface area contributed by atoms with Gasteiger partial charge in [0.25, 0.3) is 0 Å². The predicted octanol–water partition coefficient (Wildman–Crippen LogP) is 2.60. The molecule has 2 aromatic rings. The molecule has 1 aromatic carbocycles. The first-order valence-electron chi connectivity index (χ1n) is 4.90. The number of hydrogen-bond acceptors (Lipinski definition) is 3. The summed E-state index contributed by atoms with van der Waals surface area (Å²) in [6.07, 6.45) is 2.22. The van der Waals surface area contributed by atoms with E-state index in [9.17, 15) is 9.18 Å². The minimum absolute atomic E-state index is 0.0801. The molecule has 86 valence electrons. The van der Waals surface area contributed by atoms with Crippen molar-refractivity contribution < 1.29 is 9.18 Å². The molecule has 0 bridgehead atoms. The van der Waals surface area contributed by atoms with E-state index in [1.54, 1.807) is 18.2 Å². The third-order valence-corrected chi connectivity index (χ3v) is 2.51. The van der Waals surface area contributed by atoms with E-state index in [-0.39, 0.29) is 11.1 Å². The van der Waals surface area contributed by atoms with E-state index >= 15 is 0 Å². The summed E-state index contributed by atoms with van der Waals surface area (Å²) in [6, 6.07) is 7.30. The number of carbonyl (C=O) groups is 1. The molecule has 0 fully saturated rings. The van der Waals surface area contributed by atoms with Crippen LogP contribution in [0.25, 0.3) is 0 Å². The van der Waals surface area contributed by atoms with Gasteiger partial charge in [-0.1, -0.05) is 12.1 Å². The summed E-state index contributed by atoms with van der Waals surface area (Å²) in [5.74, 6) is -0.907. The fraction of sp³-hybridized carbons (Fsp3) is 0.0833. The van der Waals surface area contributed by atoms with Gasteiger partial charge in [0.2, 0.25) is 5.28 Å². The number of aldehydes is 1. The third-order valence-electron chi connectivity index (χ3n) is 2.33. The molecule has 1 unspecified atom stereocenters. The number of nitrogens with zero attached hydrogens (tertiary/aromatic N) is 2. The summed E-state index contributed by atoms with van der Waals surface area (Å²) in [7, 11) is 0. The molecule has 0 aliphatic carbocycles. The fourth-order valence-corrected chi connectivity index (χ4v) is 1.66. The van der Waals surface area contributed by atoms with Crippen LogP contribution in [0.5, 0.6) is 0 Å². The van der Waals surface area contributed by atoms with Crippen LogP contribution in [0.15, 0.2) is 36.5 Å². The summed E-state index contributed by atoms with van der Waals surface area (Å²) in [6.45, 7) is 0. The summed E-state index contributed by atoms with van der Waals surface area (Å²) < 4.78 is 12.8. The molecule has 0 saturated carbocycles. The van der Waals surface area contributed by atoms with Crippen LogP contribution in [0.3, 0.4) is 0 Å².